The Hall–Kier alpha value is -0.320. The Morgan fingerprint density at radius 2 is 2.22 bits per heavy atom. The zero-order valence-electron chi connectivity index (χ0n) is 11.6. The van der Waals surface area contributed by atoms with Crippen LogP contribution in [0.5, 0.6) is 0 Å². The number of hydrogen-bond donors (Lipinski definition) is 1. The van der Waals surface area contributed by atoms with Crippen molar-refractivity contribution in [2.24, 2.45) is 0 Å². The number of carbonyl (C=O) groups is 1. The summed E-state index contributed by atoms with van der Waals surface area (Å²) in [5.41, 5.74) is 0. The zero-order valence-corrected chi connectivity index (χ0v) is 12.4. The topological polar surface area (TPSA) is 41.6 Å². The largest absolute Gasteiger partial charge is 0.383 e. The molecule has 0 aromatic rings. The fourth-order valence-corrected chi connectivity index (χ4v) is 2.43. The number of hydrogen-bond acceptors (Lipinski definition) is 3. The number of methoxy groups -OCH3 is 1. The molecule has 1 heterocycles. The number of likely N-dealkylation sites (tertiary alicyclic amines) is 1. The number of nitrogens with zero attached hydrogens (tertiary/aromatic N) is 1. The van der Waals surface area contributed by atoms with Gasteiger partial charge in [0.2, 0.25) is 5.91 Å². The van der Waals surface area contributed by atoms with Crippen LogP contribution in [0.1, 0.15) is 39.0 Å². The first-order valence-corrected chi connectivity index (χ1v) is 6.78. The minimum Gasteiger partial charge on any atom is -0.383 e. The lowest BCUT2D eigenvalue weighted by Gasteiger charge is -2.36. The number of amides is 1. The van der Waals surface area contributed by atoms with Crippen LogP contribution in [-0.4, -0.2) is 50.2 Å². The molecule has 1 fully saturated rings. The molecule has 1 unspecified atom stereocenters. The van der Waals surface area contributed by atoms with Crippen molar-refractivity contribution in [3.63, 3.8) is 0 Å². The van der Waals surface area contributed by atoms with Crippen LogP contribution in [0.4, 0.5) is 0 Å². The summed E-state index contributed by atoms with van der Waals surface area (Å²) in [6.07, 6.45) is 5.91. The number of piperidine rings is 1. The maximum Gasteiger partial charge on any atom is 0.236 e. The normalized spacial score (nSPS) is 19.4. The van der Waals surface area contributed by atoms with Crippen LogP contribution in [0, 0.1) is 0 Å². The second-order valence-corrected chi connectivity index (χ2v) is 4.69. The molecule has 0 aliphatic carbocycles. The van der Waals surface area contributed by atoms with Gasteiger partial charge in [-0.15, -0.1) is 12.4 Å². The molecule has 0 radical (unpaired) electrons. The van der Waals surface area contributed by atoms with Gasteiger partial charge in [-0.25, -0.2) is 0 Å². The third-order valence-electron chi connectivity index (χ3n) is 3.33. The van der Waals surface area contributed by atoms with Gasteiger partial charge < -0.3 is 15.0 Å². The van der Waals surface area contributed by atoms with Gasteiger partial charge in [0.25, 0.3) is 0 Å². The number of ether oxygens (including phenoxy) is 1. The minimum absolute atomic E-state index is 0. The van der Waals surface area contributed by atoms with Crippen LogP contribution in [0.25, 0.3) is 0 Å². The second-order valence-electron chi connectivity index (χ2n) is 4.69. The third kappa shape index (κ3) is 6.03. The lowest BCUT2D eigenvalue weighted by Crippen LogP contribution is -2.47. The molecule has 1 N–H and O–H groups in total. The van der Waals surface area contributed by atoms with E-state index in [0.29, 0.717) is 19.2 Å². The highest BCUT2D eigenvalue weighted by Crippen LogP contribution is 2.20. The molecule has 1 saturated heterocycles. The Kier molecular flexibility index (Phi) is 10.4. The van der Waals surface area contributed by atoms with E-state index in [9.17, 15) is 4.79 Å². The van der Waals surface area contributed by atoms with Crippen molar-refractivity contribution in [1.29, 1.82) is 0 Å². The monoisotopic (exact) mass is 278 g/mol. The summed E-state index contributed by atoms with van der Waals surface area (Å²) in [5, 5.41) is 3.13. The Labute approximate surface area is 117 Å². The van der Waals surface area contributed by atoms with E-state index in [1.54, 1.807) is 7.11 Å². The molecule has 1 atom stereocenters. The van der Waals surface area contributed by atoms with Crippen LogP contribution in [0.15, 0.2) is 0 Å². The highest BCUT2D eigenvalue weighted by Gasteiger charge is 2.25. The SMILES string of the molecule is CCCC1CCCCN1C(=O)CNCCOC.Cl. The predicted octanol–water partition coefficient (Wildman–Crippen LogP) is 1.83. The smallest absolute Gasteiger partial charge is 0.236 e. The molecule has 0 spiro atoms. The van der Waals surface area contributed by atoms with Gasteiger partial charge in [-0.05, 0) is 25.7 Å². The summed E-state index contributed by atoms with van der Waals surface area (Å²) in [4.78, 5) is 14.1. The molecule has 1 aliphatic rings. The van der Waals surface area contributed by atoms with E-state index >= 15 is 0 Å². The zero-order chi connectivity index (χ0) is 12.5. The fourth-order valence-electron chi connectivity index (χ4n) is 2.43. The van der Waals surface area contributed by atoms with Crippen LogP contribution in [0.2, 0.25) is 0 Å². The third-order valence-corrected chi connectivity index (χ3v) is 3.33. The van der Waals surface area contributed by atoms with Crippen LogP contribution < -0.4 is 5.32 Å². The van der Waals surface area contributed by atoms with Crippen molar-refractivity contribution >= 4 is 18.3 Å². The van der Waals surface area contributed by atoms with Crippen molar-refractivity contribution in [2.75, 3.05) is 33.4 Å². The van der Waals surface area contributed by atoms with Gasteiger partial charge in [-0.2, -0.15) is 0 Å². The standard InChI is InChI=1S/C13H26N2O2.ClH/c1-3-6-12-7-4-5-9-15(12)13(16)11-14-8-10-17-2;/h12,14H,3-11H2,1-2H3;1H. The van der Waals surface area contributed by atoms with Gasteiger partial charge in [0.05, 0.1) is 13.2 Å². The van der Waals surface area contributed by atoms with Crippen molar-refractivity contribution in [3.05, 3.63) is 0 Å². The summed E-state index contributed by atoms with van der Waals surface area (Å²) in [6, 6.07) is 0.477. The van der Waals surface area contributed by atoms with E-state index in [1.165, 1.54) is 12.8 Å². The molecule has 4 nitrogen and oxygen atoms in total. The van der Waals surface area contributed by atoms with E-state index < -0.39 is 0 Å². The maximum atomic E-state index is 12.1. The average Bonchev–Trinajstić information content (AvgIpc) is 2.35. The molecule has 108 valence electrons. The second kappa shape index (κ2) is 10.6. The number of nitrogens with one attached hydrogen (secondary N) is 1. The van der Waals surface area contributed by atoms with Crippen molar-refractivity contribution in [1.82, 2.24) is 10.2 Å². The summed E-state index contributed by atoms with van der Waals surface area (Å²) >= 11 is 0. The number of carbonyl (C=O) groups excluding carboxylic acids is 1. The Bertz CT molecular complexity index is 225. The van der Waals surface area contributed by atoms with Crippen molar-refractivity contribution in [2.45, 2.75) is 45.1 Å². The highest BCUT2D eigenvalue weighted by atomic mass is 35.5. The summed E-state index contributed by atoms with van der Waals surface area (Å²) in [6.45, 7) is 4.98. The quantitative estimate of drug-likeness (QED) is 0.723. The van der Waals surface area contributed by atoms with E-state index in [2.05, 4.69) is 17.1 Å². The molecule has 0 aromatic heterocycles. The van der Waals surface area contributed by atoms with Crippen molar-refractivity contribution in [3.8, 4) is 0 Å². The lowest BCUT2D eigenvalue weighted by atomic mass is 9.98. The molecule has 1 aliphatic heterocycles. The van der Waals surface area contributed by atoms with Gasteiger partial charge >= 0.3 is 0 Å². The van der Waals surface area contributed by atoms with E-state index in [4.69, 9.17) is 4.74 Å². The molecular formula is C13H27ClN2O2. The summed E-state index contributed by atoms with van der Waals surface area (Å²) in [5.74, 6) is 0.249. The Morgan fingerprint density at radius 1 is 1.44 bits per heavy atom. The van der Waals surface area contributed by atoms with E-state index in [1.807, 2.05) is 0 Å². The molecule has 0 bridgehead atoms. The molecule has 1 amide bonds. The Balaban J connectivity index is 0.00000289. The van der Waals surface area contributed by atoms with Gasteiger partial charge in [0.1, 0.15) is 0 Å². The molecule has 1 rings (SSSR count). The van der Waals surface area contributed by atoms with Crippen LogP contribution in [0.3, 0.4) is 0 Å². The maximum absolute atomic E-state index is 12.1. The summed E-state index contributed by atoms with van der Waals surface area (Å²) < 4.78 is 4.94. The molecule has 18 heavy (non-hydrogen) atoms. The van der Waals surface area contributed by atoms with Gasteiger partial charge in [0.15, 0.2) is 0 Å². The number of halogens is 1. The molecule has 5 heteroatoms. The van der Waals surface area contributed by atoms with Crippen molar-refractivity contribution < 1.29 is 9.53 Å². The summed E-state index contributed by atoms with van der Waals surface area (Å²) in [7, 11) is 1.67. The first kappa shape index (κ1) is 17.7. The van der Waals surface area contributed by atoms with E-state index in [0.717, 1.165) is 32.4 Å². The first-order chi connectivity index (χ1) is 8.29. The molecular weight excluding hydrogens is 252 g/mol. The van der Waals surface area contributed by atoms with Gasteiger partial charge in [0, 0.05) is 26.2 Å². The number of rotatable bonds is 7. The average molecular weight is 279 g/mol. The minimum atomic E-state index is 0. The van der Waals surface area contributed by atoms with Gasteiger partial charge in [-0.3, -0.25) is 4.79 Å². The first-order valence-electron chi connectivity index (χ1n) is 6.78. The Morgan fingerprint density at radius 3 is 2.89 bits per heavy atom. The van der Waals surface area contributed by atoms with Gasteiger partial charge in [-0.1, -0.05) is 13.3 Å². The lowest BCUT2D eigenvalue weighted by molar-refractivity contribution is -0.134. The molecule has 0 saturated carbocycles. The van der Waals surface area contributed by atoms with Crippen LogP contribution in [-0.2, 0) is 9.53 Å². The van der Waals surface area contributed by atoms with Crippen LogP contribution >= 0.6 is 12.4 Å². The highest BCUT2D eigenvalue weighted by molar-refractivity contribution is 5.85. The van der Waals surface area contributed by atoms with E-state index in [-0.39, 0.29) is 18.3 Å². The fraction of sp³-hybridized carbons (Fsp3) is 0.923. The predicted molar refractivity (Wildman–Crippen MR) is 76.3 cm³/mol. The molecule has 0 aromatic carbocycles.